The molecule has 0 aliphatic carbocycles. The van der Waals surface area contributed by atoms with E-state index in [-0.39, 0.29) is 5.91 Å². The molecule has 0 N–H and O–H groups in total. The Labute approximate surface area is 168 Å². The Bertz CT molecular complexity index is 855. The maximum absolute atomic E-state index is 13.1. The third kappa shape index (κ3) is 3.60. The summed E-state index contributed by atoms with van der Waals surface area (Å²) in [5, 5.41) is 0. The molecule has 2 aromatic carbocycles. The molecule has 4 heteroatoms. The molecule has 0 unspecified atom stereocenters. The van der Waals surface area contributed by atoms with Crippen LogP contribution < -0.4 is 9.80 Å². The molecule has 1 fully saturated rings. The van der Waals surface area contributed by atoms with Gasteiger partial charge in [-0.15, -0.1) is 0 Å². The van der Waals surface area contributed by atoms with Crippen molar-refractivity contribution in [2.45, 2.75) is 39.7 Å². The van der Waals surface area contributed by atoms with Gasteiger partial charge in [-0.25, -0.2) is 0 Å². The number of hydrogen-bond donors (Lipinski definition) is 0. The Morgan fingerprint density at radius 2 is 1.68 bits per heavy atom. The number of rotatable bonds is 3. The van der Waals surface area contributed by atoms with Gasteiger partial charge in [0.05, 0.1) is 6.54 Å². The molecule has 0 bridgehead atoms. The van der Waals surface area contributed by atoms with Crippen LogP contribution in [0.25, 0.3) is 0 Å². The minimum absolute atomic E-state index is 0.254. The smallest absolute Gasteiger partial charge is 0.242 e. The van der Waals surface area contributed by atoms with E-state index in [0.717, 1.165) is 39.0 Å². The summed E-state index contributed by atoms with van der Waals surface area (Å²) < 4.78 is 0. The Balaban J connectivity index is 1.40. The Morgan fingerprint density at radius 3 is 2.46 bits per heavy atom. The highest BCUT2D eigenvalue weighted by molar-refractivity contribution is 5.82. The van der Waals surface area contributed by atoms with Gasteiger partial charge < -0.3 is 14.7 Å². The second kappa shape index (κ2) is 7.86. The lowest BCUT2D eigenvalue weighted by Crippen LogP contribution is -2.52. The number of para-hydroxylation sites is 1. The summed E-state index contributed by atoms with van der Waals surface area (Å²) >= 11 is 0. The SMILES string of the molecule is Cc1cccc(N2CCN(C(=O)CN3c4ccccc4CC[C@H]3C)CC2)c1C. The summed E-state index contributed by atoms with van der Waals surface area (Å²) in [7, 11) is 0. The number of carbonyl (C=O) groups excluding carboxylic acids is 1. The number of anilines is 2. The molecule has 2 aliphatic heterocycles. The van der Waals surface area contributed by atoms with Gasteiger partial charge in [-0.1, -0.05) is 30.3 Å². The van der Waals surface area contributed by atoms with Gasteiger partial charge in [0.1, 0.15) is 0 Å². The number of amides is 1. The molecule has 0 aromatic heterocycles. The molecule has 4 nitrogen and oxygen atoms in total. The van der Waals surface area contributed by atoms with Gasteiger partial charge in [0.15, 0.2) is 0 Å². The van der Waals surface area contributed by atoms with Crippen molar-refractivity contribution in [3.05, 3.63) is 59.2 Å². The summed E-state index contributed by atoms with van der Waals surface area (Å²) in [5.41, 5.74) is 6.59. The fourth-order valence-corrected chi connectivity index (χ4v) is 4.52. The second-order valence-corrected chi connectivity index (χ2v) is 8.23. The van der Waals surface area contributed by atoms with Gasteiger partial charge in [0, 0.05) is 43.6 Å². The number of hydrogen-bond acceptors (Lipinski definition) is 3. The largest absolute Gasteiger partial charge is 0.368 e. The van der Waals surface area contributed by atoms with Crippen molar-refractivity contribution in [1.29, 1.82) is 0 Å². The molecule has 2 aliphatic rings. The van der Waals surface area contributed by atoms with Crippen molar-refractivity contribution in [2.24, 2.45) is 0 Å². The lowest BCUT2D eigenvalue weighted by Gasteiger charge is -2.40. The zero-order valence-corrected chi connectivity index (χ0v) is 17.3. The van der Waals surface area contributed by atoms with Gasteiger partial charge in [0.2, 0.25) is 5.91 Å². The van der Waals surface area contributed by atoms with E-state index in [1.165, 1.54) is 28.1 Å². The first-order valence-corrected chi connectivity index (χ1v) is 10.5. The first-order valence-electron chi connectivity index (χ1n) is 10.5. The first-order chi connectivity index (χ1) is 13.5. The molecular formula is C24H31N3O. The molecule has 4 rings (SSSR count). The fourth-order valence-electron chi connectivity index (χ4n) is 4.52. The summed E-state index contributed by atoms with van der Waals surface area (Å²) in [6.45, 7) is 10.5. The number of piperazine rings is 1. The van der Waals surface area contributed by atoms with E-state index in [1.807, 2.05) is 4.90 Å². The van der Waals surface area contributed by atoms with Gasteiger partial charge in [0.25, 0.3) is 0 Å². The van der Waals surface area contributed by atoms with E-state index < -0.39 is 0 Å². The van der Waals surface area contributed by atoms with Crippen LogP contribution in [0.5, 0.6) is 0 Å². The van der Waals surface area contributed by atoms with E-state index in [2.05, 4.69) is 73.0 Å². The zero-order chi connectivity index (χ0) is 19.7. The maximum Gasteiger partial charge on any atom is 0.242 e. The van der Waals surface area contributed by atoms with Crippen LogP contribution in [0.2, 0.25) is 0 Å². The molecule has 28 heavy (non-hydrogen) atoms. The van der Waals surface area contributed by atoms with Gasteiger partial charge in [-0.05, 0) is 62.4 Å². The summed E-state index contributed by atoms with van der Waals surface area (Å²) in [4.78, 5) is 19.8. The molecule has 2 heterocycles. The molecule has 0 saturated carbocycles. The summed E-state index contributed by atoms with van der Waals surface area (Å²) in [6, 6.07) is 15.4. The van der Waals surface area contributed by atoms with Crippen LogP contribution in [0, 0.1) is 13.8 Å². The van der Waals surface area contributed by atoms with Crippen molar-refractivity contribution in [2.75, 3.05) is 42.5 Å². The maximum atomic E-state index is 13.1. The van der Waals surface area contributed by atoms with Crippen LogP contribution in [-0.2, 0) is 11.2 Å². The van der Waals surface area contributed by atoms with Crippen LogP contribution in [0.3, 0.4) is 0 Å². The van der Waals surface area contributed by atoms with Crippen LogP contribution in [0.1, 0.15) is 30.0 Å². The lowest BCUT2D eigenvalue weighted by atomic mass is 9.96. The van der Waals surface area contributed by atoms with E-state index in [9.17, 15) is 4.79 Å². The molecule has 1 saturated heterocycles. The molecular weight excluding hydrogens is 346 g/mol. The molecule has 1 amide bonds. The first kappa shape index (κ1) is 18.9. The highest BCUT2D eigenvalue weighted by Gasteiger charge is 2.28. The number of aryl methyl sites for hydroxylation is 2. The van der Waals surface area contributed by atoms with E-state index in [0.29, 0.717) is 12.6 Å². The van der Waals surface area contributed by atoms with Gasteiger partial charge in [-0.2, -0.15) is 0 Å². The average molecular weight is 378 g/mol. The van der Waals surface area contributed by atoms with Gasteiger partial charge >= 0.3 is 0 Å². The third-order valence-electron chi connectivity index (χ3n) is 6.52. The molecule has 148 valence electrons. The van der Waals surface area contributed by atoms with Crippen molar-refractivity contribution in [3.8, 4) is 0 Å². The van der Waals surface area contributed by atoms with Crippen LogP contribution >= 0.6 is 0 Å². The van der Waals surface area contributed by atoms with Crippen molar-refractivity contribution >= 4 is 17.3 Å². The Kier molecular flexibility index (Phi) is 5.29. The summed E-state index contributed by atoms with van der Waals surface area (Å²) in [6.07, 6.45) is 2.22. The number of fused-ring (bicyclic) bond motifs is 1. The fraction of sp³-hybridized carbons (Fsp3) is 0.458. The lowest BCUT2D eigenvalue weighted by molar-refractivity contribution is -0.130. The quantitative estimate of drug-likeness (QED) is 0.814. The van der Waals surface area contributed by atoms with E-state index in [4.69, 9.17) is 0 Å². The standard InChI is InChI=1S/C24H31N3O/c1-18-7-6-10-22(20(18)3)25-13-15-26(16-14-25)24(28)17-27-19(2)11-12-21-8-4-5-9-23(21)27/h4-10,19H,11-17H2,1-3H3/t19-/m1/s1. The van der Waals surface area contributed by atoms with Crippen molar-refractivity contribution in [3.63, 3.8) is 0 Å². The highest BCUT2D eigenvalue weighted by Crippen LogP contribution is 2.30. The highest BCUT2D eigenvalue weighted by atomic mass is 16.2. The predicted molar refractivity (Wildman–Crippen MR) is 116 cm³/mol. The predicted octanol–water partition coefficient (Wildman–Crippen LogP) is 3.79. The molecule has 0 spiro atoms. The van der Waals surface area contributed by atoms with Crippen LogP contribution in [0.4, 0.5) is 11.4 Å². The van der Waals surface area contributed by atoms with E-state index in [1.54, 1.807) is 0 Å². The monoisotopic (exact) mass is 377 g/mol. The normalized spacial score (nSPS) is 19.5. The minimum atomic E-state index is 0.254. The number of carbonyl (C=O) groups is 1. The average Bonchev–Trinajstić information content (AvgIpc) is 2.72. The topological polar surface area (TPSA) is 26.8 Å². The number of benzene rings is 2. The summed E-state index contributed by atoms with van der Waals surface area (Å²) in [5.74, 6) is 0.254. The third-order valence-corrected chi connectivity index (χ3v) is 6.52. The van der Waals surface area contributed by atoms with Crippen molar-refractivity contribution < 1.29 is 4.79 Å². The van der Waals surface area contributed by atoms with Crippen LogP contribution in [0.15, 0.2) is 42.5 Å². The van der Waals surface area contributed by atoms with E-state index >= 15 is 0 Å². The molecule has 2 aromatic rings. The zero-order valence-electron chi connectivity index (χ0n) is 17.3. The minimum Gasteiger partial charge on any atom is -0.368 e. The Morgan fingerprint density at radius 1 is 0.964 bits per heavy atom. The second-order valence-electron chi connectivity index (χ2n) is 8.23. The van der Waals surface area contributed by atoms with Gasteiger partial charge in [-0.3, -0.25) is 4.79 Å². The Hall–Kier alpha value is -2.49. The van der Waals surface area contributed by atoms with Crippen molar-refractivity contribution in [1.82, 2.24) is 4.90 Å². The molecule has 0 radical (unpaired) electrons. The number of nitrogens with zero attached hydrogens (tertiary/aromatic N) is 3. The van der Waals surface area contributed by atoms with Crippen LogP contribution in [-0.4, -0.2) is 49.6 Å². The molecule has 1 atom stereocenters.